The van der Waals surface area contributed by atoms with Crippen LogP contribution in [0.15, 0.2) is 46.9 Å². The number of phenols is 4. The van der Waals surface area contributed by atoms with Gasteiger partial charge in [-0.3, -0.25) is 0 Å². The molecule has 0 fully saturated rings. The van der Waals surface area contributed by atoms with Gasteiger partial charge in [0.25, 0.3) is 0 Å². The molecule has 0 spiro atoms. The molecule has 3 atom stereocenters. The standard InChI is InChI=1S/C21H20O6/c1-10-3-6-17(26-10)19-11(2)21(12-4-5-14(23)15(24)7-12)27-18-9-13(22)8-16(25)20(18)19/h3-9,11,19,21-25H,1-2H3. The number of phenolic OH excluding ortho intramolecular Hbond substituents is 4. The van der Waals surface area contributed by atoms with Gasteiger partial charge >= 0.3 is 0 Å². The Morgan fingerprint density at radius 2 is 1.63 bits per heavy atom. The lowest BCUT2D eigenvalue weighted by Gasteiger charge is -2.37. The SMILES string of the molecule is Cc1ccc(C2c3c(O)cc(O)cc3OC(c3ccc(O)c(O)c3)C2C)o1. The molecule has 0 radical (unpaired) electrons. The number of furan rings is 1. The van der Waals surface area contributed by atoms with Crippen molar-refractivity contribution in [1.82, 2.24) is 0 Å². The van der Waals surface area contributed by atoms with E-state index in [1.54, 1.807) is 6.07 Å². The van der Waals surface area contributed by atoms with Crippen LogP contribution in [-0.4, -0.2) is 20.4 Å². The van der Waals surface area contributed by atoms with Crippen LogP contribution in [0.1, 0.15) is 41.6 Å². The van der Waals surface area contributed by atoms with Crippen molar-refractivity contribution in [3.63, 3.8) is 0 Å². The Morgan fingerprint density at radius 1 is 0.852 bits per heavy atom. The Hall–Kier alpha value is -3.28. The zero-order valence-electron chi connectivity index (χ0n) is 14.9. The Kier molecular flexibility index (Phi) is 3.91. The number of aryl methyl sites for hydroxylation is 1. The van der Waals surface area contributed by atoms with Crippen LogP contribution in [0.5, 0.6) is 28.7 Å². The highest BCUT2D eigenvalue weighted by Crippen LogP contribution is 2.53. The highest BCUT2D eigenvalue weighted by Gasteiger charge is 2.41. The molecule has 3 aromatic rings. The summed E-state index contributed by atoms with van der Waals surface area (Å²) < 4.78 is 11.9. The van der Waals surface area contributed by atoms with Crippen molar-refractivity contribution in [2.75, 3.05) is 0 Å². The van der Waals surface area contributed by atoms with Crippen LogP contribution < -0.4 is 4.74 Å². The zero-order valence-corrected chi connectivity index (χ0v) is 14.9. The number of hydrogen-bond acceptors (Lipinski definition) is 6. The van der Waals surface area contributed by atoms with Crippen LogP contribution >= 0.6 is 0 Å². The van der Waals surface area contributed by atoms with Gasteiger partial charge in [0.15, 0.2) is 11.5 Å². The normalized spacial score (nSPS) is 21.5. The Balaban J connectivity index is 1.88. The molecule has 1 aromatic heterocycles. The fourth-order valence-electron chi connectivity index (χ4n) is 3.80. The summed E-state index contributed by atoms with van der Waals surface area (Å²) in [5, 5.41) is 39.9. The molecule has 4 rings (SSSR count). The molecule has 27 heavy (non-hydrogen) atoms. The van der Waals surface area contributed by atoms with E-state index in [4.69, 9.17) is 9.15 Å². The summed E-state index contributed by atoms with van der Waals surface area (Å²) in [6.07, 6.45) is -0.486. The largest absolute Gasteiger partial charge is 0.508 e. The summed E-state index contributed by atoms with van der Waals surface area (Å²) in [6.45, 7) is 3.81. The van der Waals surface area contributed by atoms with Gasteiger partial charge in [0.05, 0.1) is 5.92 Å². The molecule has 3 unspecified atom stereocenters. The Morgan fingerprint density at radius 3 is 2.30 bits per heavy atom. The van der Waals surface area contributed by atoms with E-state index in [-0.39, 0.29) is 34.8 Å². The van der Waals surface area contributed by atoms with Crippen molar-refractivity contribution in [3.05, 3.63) is 65.1 Å². The predicted octanol–water partition coefficient (Wildman–Crippen LogP) is 4.31. The summed E-state index contributed by atoms with van der Waals surface area (Å²) >= 11 is 0. The highest BCUT2D eigenvalue weighted by molar-refractivity contribution is 5.55. The summed E-state index contributed by atoms with van der Waals surface area (Å²) in [4.78, 5) is 0. The third-order valence-electron chi connectivity index (χ3n) is 5.07. The Labute approximate surface area is 155 Å². The zero-order chi connectivity index (χ0) is 19.3. The molecule has 6 heteroatoms. The molecule has 140 valence electrons. The molecule has 2 heterocycles. The van der Waals surface area contributed by atoms with E-state index in [2.05, 4.69) is 0 Å². The number of hydrogen-bond donors (Lipinski definition) is 4. The average molecular weight is 368 g/mol. The summed E-state index contributed by atoms with van der Waals surface area (Å²) in [6, 6.07) is 11.0. The van der Waals surface area contributed by atoms with Crippen molar-refractivity contribution in [3.8, 4) is 28.7 Å². The molecule has 0 saturated heterocycles. The van der Waals surface area contributed by atoms with Crippen molar-refractivity contribution in [2.24, 2.45) is 5.92 Å². The molecule has 0 aliphatic carbocycles. The van der Waals surface area contributed by atoms with E-state index in [9.17, 15) is 20.4 Å². The van der Waals surface area contributed by atoms with Crippen LogP contribution in [0.2, 0.25) is 0 Å². The summed E-state index contributed by atoms with van der Waals surface area (Å²) in [5.41, 5.74) is 1.22. The minimum atomic E-state index is -0.486. The number of benzene rings is 2. The monoisotopic (exact) mass is 368 g/mol. The molecule has 1 aliphatic heterocycles. The minimum Gasteiger partial charge on any atom is -0.508 e. The average Bonchev–Trinajstić information content (AvgIpc) is 3.03. The topological polar surface area (TPSA) is 103 Å². The van der Waals surface area contributed by atoms with Gasteiger partial charge in [0.1, 0.15) is 34.9 Å². The van der Waals surface area contributed by atoms with E-state index in [0.29, 0.717) is 22.6 Å². The second kappa shape index (κ2) is 6.16. The fraction of sp³-hybridized carbons (Fsp3) is 0.238. The number of aromatic hydroxyl groups is 4. The molecule has 6 nitrogen and oxygen atoms in total. The second-order valence-electron chi connectivity index (χ2n) is 6.95. The molecule has 1 aliphatic rings. The lowest BCUT2D eigenvalue weighted by molar-refractivity contribution is 0.103. The number of ether oxygens (including phenoxy) is 1. The second-order valence-corrected chi connectivity index (χ2v) is 6.95. The van der Waals surface area contributed by atoms with E-state index < -0.39 is 6.10 Å². The maximum Gasteiger partial charge on any atom is 0.157 e. The van der Waals surface area contributed by atoms with Gasteiger partial charge < -0.3 is 29.6 Å². The highest BCUT2D eigenvalue weighted by atomic mass is 16.5. The first-order valence-corrected chi connectivity index (χ1v) is 8.66. The van der Waals surface area contributed by atoms with E-state index in [1.807, 2.05) is 26.0 Å². The first kappa shape index (κ1) is 17.1. The van der Waals surface area contributed by atoms with Crippen LogP contribution in [0.25, 0.3) is 0 Å². The van der Waals surface area contributed by atoms with Gasteiger partial charge in [0.2, 0.25) is 0 Å². The van der Waals surface area contributed by atoms with Gasteiger partial charge in [-0.1, -0.05) is 13.0 Å². The minimum absolute atomic E-state index is 0.0668. The van der Waals surface area contributed by atoms with Crippen molar-refractivity contribution < 1.29 is 29.6 Å². The summed E-state index contributed by atoms with van der Waals surface area (Å²) in [7, 11) is 0. The molecule has 4 N–H and O–H groups in total. The smallest absolute Gasteiger partial charge is 0.157 e. The molecular formula is C21H20O6. The first-order chi connectivity index (χ1) is 12.8. The lowest BCUT2D eigenvalue weighted by atomic mass is 9.77. The predicted molar refractivity (Wildman–Crippen MR) is 97.4 cm³/mol. The van der Waals surface area contributed by atoms with Crippen LogP contribution in [0.4, 0.5) is 0 Å². The van der Waals surface area contributed by atoms with E-state index in [0.717, 1.165) is 5.76 Å². The Bertz CT molecular complexity index is 1010. The van der Waals surface area contributed by atoms with Gasteiger partial charge in [-0.05, 0) is 36.8 Å². The molecule has 0 amide bonds. The van der Waals surface area contributed by atoms with Crippen LogP contribution in [0, 0.1) is 12.8 Å². The van der Waals surface area contributed by atoms with Crippen molar-refractivity contribution in [2.45, 2.75) is 25.9 Å². The van der Waals surface area contributed by atoms with E-state index in [1.165, 1.54) is 24.3 Å². The van der Waals surface area contributed by atoms with Gasteiger partial charge in [-0.15, -0.1) is 0 Å². The molecule has 2 aromatic carbocycles. The quantitative estimate of drug-likeness (QED) is 0.503. The van der Waals surface area contributed by atoms with E-state index >= 15 is 0 Å². The lowest BCUT2D eigenvalue weighted by Crippen LogP contribution is -2.28. The molecular weight excluding hydrogens is 348 g/mol. The third-order valence-corrected chi connectivity index (χ3v) is 5.07. The van der Waals surface area contributed by atoms with Crippen LogP contribution in [-0.2, 0) is 0 Å². The van der Waals surface area contributed by atoms with Crippen molar-refractivity contribution >= 4 is 0 Å². The number of fused-ring (bicyclic) bond motifs is 1. The third kappa shape index (κ3) is 2.83. The van der Waals surface area contributed by atoms with Crippen molar-refractivity contribution in [1.29, 1.82) is 0 Å². The number of rotatable bonds is 2. The van der Waals surface area contributed by atoms with Crippen LogP contribution in [0.3, 0.4) is 0 Å². The molecule has 0 bridgehead atoms. The van der Waals surface area contributed by atoms with Gasteiger partial charge in [0, 0.05) is 23.6 Å². The first-order valence-electron chi connectivity index (χ1n) is 8.66. The fourth-order valence-corrected chi connectivity index (χ4v) is 3.80. The molecule has 0 saturated carbocycles. The maximum atomic E-state index is 10.5. The summed E-state index contributed by atoms with van der Waals surface area (Å²) in [5.74, 6) is 0.675. The maximum absolute atomic E-state index is 10.5. The van der Waals surface area contributed by atoms with Gasteiger partial charge in [-0.2, -0.15) is 0 Å². The van der Waals surface area contributed by atoms with Gasteiger partial charge in [-0.25, -0.2) is 0 Å².